The zero-order valence-electron chi connectivity index (χ0n) is 18.3. The first-order chi connectivity index (χ1) is 14.3. The van der Waals surface area contributed by atoms with Gasteiger partial charge in [0.25, 0.3) is 0 Å². The van der Waals surface area contributed by atoms with E-state index in [1.165, 1.54) is 0 Å². The summed E-state index contributed by atoms with van der Waals surface area (Å²) in [5.41, 5.74) is 0. The predicted molar refractivity (Wildman–Crippen MR) is 109 cm³/mol. The molecule has 0 atom stereocenters. The van der Waals surface area contributed by atoms with Gasteiger partial charge in [0.15, 0.2) is 0 Å². The smallest absolute Gasteiger partial charge is 0.246 e. The highest BCUT2D eigenvalue weighted by Crippen LogP contribution is 1.85. The molecule has 0 aromatic heterocycles. The Labute approximate surface area is 175 Å². The summed E-state index contributed by atoms with van der Waals surface area (Å²) in [7, 11) is 0. The molecule has 0 saturated carbocycles. The largest absolute Gasteiger partial charge is 0.379 e. The van der Waals surface area contributed by atoms with Crippen LogP contribution in [0.3, 0.4) is 0 Å². The zero-order valence-corrected chi connectivity index (χ0v) is 18.3. The maximum atomic E-state index is 11.6. The third kappa shape index (κ3) is 25.2. The van der Waals surface area contributed by atoms with Crippen molar-refractivity contribution >= 4 is 5.91 Å². The summed E-state index contributed by atoms with van der Waals surface area (Å²) in [5, 5.41) is 2.72. The first-order valence-electron chi connectivity index (χ1n) is 10.6. The fourth-order valence-corrected chi connectivity index (χ4v) is 1.97. The Morgan fingerprint density at radius 2 is 0.862 bits per heavy atom. The molecule has 0 aliphatic carbocycles. The van der Waals surface area contributed by atoms with Crippen LogP contribution < -0.4 is 5.32 Å². The highest BCUT2D eigenvalue weighted by atomic mass is 16.6. The lowest BCUT2D eigenvalue weighted by Crippen LogP contribution is -2.31. The average Bonchev–Trinajstić information content (AvgIpc) is 2.72. The lowest BCUT2D eigenvalue weighted by Gasteiger charge is -2.08. The summed E-state index contributed by atoms with van der Waals surface area (Å²) < 4.78 is 37.3. The van der Waals surface area contributed by atoms with Gasteiger partial charge in [-0.05, 0) is 12.8 Å². The summed E-state index contributed by atoms with van der Waals surface area (Å²) in [4.78, 5) is 11.6. The Bertz CT molecular complexity index is 334. The number of rotatable bonds is 24. The predicted octanol–water partition coefficient (Wildman–Crippen LogP) is 1.04. The van der Waals surface area contributed by atoms with Gasteiger partial charge in [-0.2, -0.15) is 0 Å². The van der Waals surface area contributed by atoms with Crippen LogP contribution in [0.5, 0.6) is 0 Å². The summed E-state index contributed by atoms with van der Waals surface area (Å²) in [6.45, 7) is 11.8. The Hall–Kier alpha value is -0.810. The van der Waals surface area contributed by atoms with Crippen LogP contribution in [-0.4, -0.2) is 105 Å². The normalized spacial score (nSPS) is 11.1. The number of carbonyl (C=O) groups excluding carboxylic acids is 1. The third-order valence-electron chi connectivity index (χ3n) is 3.36. The Morgan fingerprint density at radius 3 is 1.28 bits per heavy atom. The highest BCUT2D eigenvalue weighted by molar-refractivity contribution is 5.77. The molecule has 0 aliphatic heterocycles. The molecule has 9 heteroatoms. The molecule has 0 radical (unpaired) electrons. The van der Waals surface area contributed by atoms with Crippen molar-refractivity contribution in [1.29, 1.82) is 0 Å². The second kappa shape index (κ2) is 25.2. The van der Waals surface area contributed by atoms with Crippen LogP contribution in [0.2, 0.25) is 0 Å². The minimum absolute atomic E-state index is 0.0127. The van der Waals surface area contributed by atoms with Crippen molar-refractivity contribution in [3.8, 4) is 0 Å². The molecule has 0 bridgehead atoms. The summed E-state index contributed by atoms with van der Waals surface area (Å²) in [6.07, 6.45) is 2.02. The monoisotopic (exact) mass is 423 g/mol. The molecule has 1 amide bonds. The summed E-state index contributed by atoms with van der Waals surface area (Å²) in [6, 6.07) is 0. The van der Waals surface area contributed by atoms with Crippen molar-refractivity contribution in [2.75, 3.05) is 99.0 Å². The van der Waals surface area contributed by atoms with E-state index in [1.807, 2.05) is 0 Å². The number of carbonyl (C=O) groups is 1. The van der Waals surface area contributed by atoms with E-state index in [4.69, 9.17) is 33.2 Å². The lowest BCUT2D eigenvalue weighted by molar-refractivity contribution is -0.126. The summed E-state index contributed by atoms with van der Waals surface area (Å²) >= 11 is 0. The van der Waals surface area contributed by atoms with Gasteiger partial charge >= 0.3 is 0 Å². The molecule has 29 heavy (non-hydrogen) atoms. The van der Waals surface area contributed by atoms with Gasteiger partial charge in [0.2, 0.25) is 5.91 Å². The molecule has 1 N–H and O–H groups in total. The number of amides is 1. The number of hydrogen-bond donors (Lipinski definition) is 1. The topological polar surface area (TPSA) is 93.7 Å². The third-order valence-corrected chi connectivity index (χ3v) is 3.36. The van der Waals surface area contributed by atoms with E-state index < -0.39 is 0 Å². The molecule has 174 valence electrons. The first kappa shape index (κ1) is 28.2. The van der Waals surface area contributed by atoms with Crippen LogP contribution >= 0.6 is 0 Å². The van der Waals surface area contributed by atoms with Gasteiger partial charge in [-0.3, -0.25) is 4.79 Å². The van der Waals surface area contributed by atoms with Gasteiger partial charge in [0.05, 0.1) is 72.7 Å². The van der Waals surface area contributed by atoms with Crippen LogP contribution in [0.25, 0.3) is 0 Å². The standard InChI is InChI=1S/C20H41NO8/c1-3-6-23-9-11-25-8-5-21-20(22)19-29-18-17-28-16-15-27-14-13-26-12-10-24-7-4-2/h3-19H2,1-2H3,(H,21,22). The van der Waals surface area contributed by atoms with E-state index in [1.54, 1.807) is 0 Å². The molecule has 0 rings (SSSR count). The van der Waals surface area contributed by atoms with Crippen LogP contribution in [0, 0.1) is 0 Å². The van der Waals surface area contributed by atoms with Gasteiger partial charge in [-0.1, -0.05) is 13.8 Å². The molecule has 0 aromatic rings. The molecule has 0 saturated heterocycles. The molecule has 0 fully saturated rings. The Balaban J connectivity index is 3.12. The van der Waals surface area contributed by atoms with Crippen molar-refractivity contribution in [3.05, 3.63) is 0 Å². The minimum Gasteiger partial charge on any atom is -0.379 e. The van der Waals surface area contributed by atoms with Gasteiger partial charge in [-0.25, -0.2) is 0 Å². The quantitative estimate of drug-likeness (QED) is 0.230. The molecule has 9 nitrogen and oxygen atoms in total. The van der Waals surface area contributed by atoms with E-state index >= 15 is 0 Å². The van der Waals surface area contributed by atoms with Crippen molar-refractivity contribution in [1.82, 2.24) is 5.32 Å². The maximum Gasteiger partial charge on any atom is 0.246 e. The van der Waals surface area contributed by atoms with Crippen LogP contribution in [0.1, 0.15) is 26.7 Å². The molecule has 0 aliphatic rings. The Kier molecular flexibility index (Phi) is 24.5. The van der Waals surface area contributed by atoms with Crippen molar-refractivity contribution < 1.29 is 38.0 Å². The van der Waals surface area contributed by atoms with Crippen molar-refractivity contribution in [3.63, 3.8) is 0 Å². The van der Waals surface area contributed by atoms with Crippen molar-refractivity contribution in [2.24, 2.45) is 0 Å². The fourth-order valence-electron chi connectivity index (χ4n) is 1.97. The van der Waals surface area contributed by atoms with E-state index in [-0.39, 0.29) is 12.5 Å². The number of hydrogen-bond acceptors (Lipinski definition) is 8. The molecule has 0 spiro atoms. The van der Waals surface area contributed by atoms with E-state index in [0.29, 0.717) is 79.2 Å². The van der Waals surface area contributed by atoms with E-state index in [2.05, 4.69) is 19.2 Å². The van der Waals surface area contributed by atoms with Crippen molar-refractivity contribution in [2.45, 2.75) is 26.7 Å². The minimum atomic E-state index is -0.167. The second-order valence-corrected chi connectivity index (χ2v) is 6.08. The van der Waals surface area contributed by atoms with Crippen LogP contribution in [0.15, 0.2) is 0 Å². The Morgan fingerprint density at radius 1 is 0.517 bits per heavy atom. The van der Waals surface area contributed by atoms with Crippen LogP contribution in [0.4, 0.5) is 0 Å². The number of nitrogens with one attached hydrogen (secondary N) is 1. The van der Waals surface area contributed by atoms with E-state index in [9.17, 15) is 4.79 Å². The molecular formula is C20H41NO8. The molecule has 0 unspecified atom stereocenters. The van der Waals surface area contributed by atoms with E-state index in [0.717, 1.165) is 26.1 Å². The zero-order chi connectivity index (χ0) is 21.3. The van der Waals surface area contributed by atoms with Gasteiger partial charge < -0.3 is 38.5 Å². The average molecular weight is 424 g/mol. The molecular weight excluding hydrogens is 382 g/mol. The second-order valence-electron chi connectivity index (χ2n) is 6.08. The highest BCUT2D eigenvalue weighted by Gasteiger charge is 2.00. The van der Waals surface area contributed by atoms with Gasteiger partial charge in [0.1, 0.15) is 6.61 Å². The van der Waals surface area contributed by atoms with Gasteiger partial charge in [0, 0.05) is 19.8 Å². The fraction of sp³-hybridized carbons (Fsp3) is 0.950. The first-order valence-corrected chi connectivity index (χ1v) is 10.6. The SMILES string of the molecule is CCCOCCOCCNC(=O)COCCOCCOCCOCCOCCC. The number of ether oxygens (including phenoxy) is 7. The molecule has 0 aromatic carbocycles. The molecule has 0 heterocycles. The van der Waals surface area contributed by atoms with Crippen LogP contribution in [-0.2, 0) is 38.0 Å². The summed E-state index contributed by atoms with van der Waals surface area (Å²) in [5.74, 6) is -0.167. The van der Waals surface area contributed by atoms with Gasteiger partial charge in [-0.15, -0.1) is 0 Å². The maximum absolute atomic E-state index is 11.6. The lowest BCUT2D eigenvalue weighted by atomic mass is 10.5.